The third-order valence-corrected chi connectivity index (χ3v) is 8.48. The molecule has 1 unspecified atom stereocenters. The molecule has 2 heterocycles. The number of aryl methyl sites for hydroxylation is 1. The fourth-order valence-corrected chi connectivity index (χ4v) is 6.11. The van der Waals surface area contributed by atoms with Crippen LogP contribution < -0.4 is 0 Å². The standard InChI is InChI=1S/C34H36N2O3/c1-3-38-33(37)34(19-20-34)28-17-15-26(16-18-28)29-13-7-8-14-30(29)32-31(24(2)35-39-32)23-36-21-9-12-27(22-36)25-10-5-4-6-11-25/h4-8,10-11,13-18,27H,3,9,12,19-23H2,1-2H3. The van der Waals surface area contributed by atoms with Crippen molar-refractivity contribution in [3.63, 3.8) is 0 Å². The van der Waals surface area contributed by atoms with Crippen LogP contribution in [0.25, 0.3) is 22.5 Å². The van der Waals surface area contributed by atoms with Crippen molar-refractivity contribution >= 4 is 5.97 Å². The van der Waals surface area contributed by atoms with E-state index in [9.17, 15) is 4.79 Å². The first-order valence-corrected chi connectivity index (χ1v) is 14.2. The summed E-state index contributed by atoms with van der Waals surface area (Å²) >= 11 is 0. The number of ether oxygens (including phenoxy) is 1. The molecule has 2 aliphatic rings. The quantitative estimate of drug-likeness (QED) is 0.228. The van der Waals surface area contributed by atoms with E-state index in [2.05, 4.69) is 88.9 Å². The second kappa shape index (κ2) is 10.8. The number of esters is 1. The molecule has 1 saturated carbocycles. The van der Waals surface area contributed by atoms with Crippen LogP contribution in [0.3, 0.4) is 0 Å². The lowest BCUT2D eigenvalue weighted by Gasteiger charge is -2.33. The van der Waals surface area contributed by atoms with Gasteiger partial charge in [-0.15, -0.1) is 0 Å². The normalized spacial score (nSPS) is 18.6. The Balaban J connectivity index is 1.26. The highest BCUT2D eigenvalue weighted by molar-refractivity contribution is 5.87. The molecule has 200 valence electrons. The van der Waals surface area contributed by atoms with E-state index in [1.165, 1.54) is 18.4 Å². The predicted molar refractivity (Wildman–Crippen MR) is 153 cm³/mol. The van der Waals surface area contributed by atoms with Gasteiger partial charge in [0.1, 0.15) is 0 Å². The van der Waals surface area contributed by atoms with E-state index in [-0.39, 0.29) is 5.97 Å². The molecule has 4 aromatic rings. The Kier molecular flexibility index (Phi) is 7.09. The van der Waals surface area contributed by atoms with Crippen molar-refractivity contribution in [2.75, 3.05) is 19.7 Å². The van der Waals surface area contributed by atoms with Gasteiger partial charge in [0.15, 0.2) is 5.76 Å². The maximum Gasteiger partial charge on any atom is 0.316 e. The van der Waals surface area contributed by atoms with Gasteiger partial charge in [-0.05, 0) is 74.2 Å². The molecule has 1 atom stereocenters. The first-order chi connectivity index (χ1) is 19.1. The summed E-state index contributed by atoms with van der Waals surface area (Å²) in [5.74, 6) is 1.30. The minimum atomic E-state index is -0.463. The molecule has 0 radical (unpaired) electrons. The summed E-state index contributed by atoms with van der Waals surface area (Å²) in [6.07, 6.45) is 4.12. The van der Waals surface area contributed by atoms with E-state index in [1.807, 2.05) is 13.8 Å². The Morgan fingerprint density at radius 3 is 2.44 bits per heavy atom. The lowest BCUT2D eigenvalue weighted by Crippen LogP contribution is -2.34. The van der Waals surface area contributed by atoms with E-state index in [4.69, 9.17) is 9.26 Å². The molecular weight excluding hydrogens is 484 g/mol. The highest BCUT2D eigenvalue weighted by Crippen LogP contribution is 2.49. The zero-order valence-corrected chi connectivity index (χ0v) is 22.9. The van der Waals surface area contributed by atoms with Crippen LogP contribution in [0.15, 0.2) is 83.4 Å². The van der Waals surface area contributed by atoms with Crippen LogP contribution >= 0.6 is 0 Å². The lowest BCUT2D eigenvalue weighted by molar-refractivity contribution is -0.146. The van der Waals surface area contributed by atoms with Crippen LogP contribution in [0.5, 0.6) is 0 Å². The summed E-state index contributed by atoms with van der Waals surface area (Å²) in [4.78, 5) is 15.1. The average molecular weight is 521 g/mol. The highest BCUT2D eigenvalue weighted by atomic mass is 16.5. The molecule has 0 spiro atoms. The summed E-state index contributed by atoms with van der Waals surface area (Å²) in [5, 5.41) is 4.41. The van der Waals surface area contributed by atoms with E-state index in [0.717, 1.165) is 71.7 Å². The Morgan fingerprint density at radius 1 is 1.00 bits per heavy atom. The van der Waals surface area contributed by atoms with Crippen molar-refractivity contribution in [2.45, 2.75) is 57.4 Å². The average Bonchev–Trinajstić information content (AvgIpc) is 3.73. The Hall–Kier alpha value is -3.70. The SMILES string of the molecule is CCOC(=O)C1(c2ccc(-c3ccccc3-c3onc(C)c3CN3CCCC(c4ccccc4)C3)cc2)CC1. The molecule has 0 N–H and O–H groups in total. The fourth-order valence-electron chi connectivity index (χ4n) is 6.11. The van der Waals surface area contributed by atoms with Crippen molar-refractivity contribution in [1.29, 1.82) is 0 Å². The zero-order chi connectivity index (χ0) is 26.8. The second-order valence-corrected chi connectivity index (χ2v) is 11.0. The number of nitrogens with zero attached hydrogens (tertiary/aromatic N) is 2. The number of hydrogen-bond acceptors (Lipinski definition) is 5. The van der Waals surface area contributed by atoms with Crippen LogP contribution in [0, 0.1) is 6.92 Å². The summed E-state index contributed by atoms with van der Waals surface area (Å²) in [6, 6.07) is 27.7. The van der Waals surface area contributed by atoms with E-state index < -0.39 is 5.41 Å². The molecular formula is C34H36N2O3. The van der Waals surface area contributed by atoms with E-state index in [0.29, 0.717) is 12.5 Å². The van der Waals surface area contributed by atoms with Crippen LogP contribution in [0.2, 0.25) is 0 Å². The number of carbonyl (C=O) groups excluding carboxylic acids is 1. The number of piperidine rings is 1. The fraction of sp³-hybridized carbons (Fsp3) is 0.353. The molecule has 2 fully saturated rings. The summed E-state index contributed by atoms with van der Waals surface area (Å²) in [7, 11) is 0. The lowest BCUT2D eigenvalue weighted by atomic mass is 9.90. The van der Waals surface area contributed by atoms with Crippen molar-refractivity contribution in [3.8, 4) is 22.5 Å². The van der Waals surface area contributed by atoms with Crippen LogP contribution in [0.1, 0.15) is 60.9 Å². The van der Waals surface area contributed by atoms with Gasteiger partial charge in [-0.3, -0.25) is 9.69 Å². The number of benzene rings is 3. The minimum Gasteiger partial charge on any atom is -0.465 e. The molecule has 1 aliphatic heterocycles. The third kappa shape index (κ3) is 5.04. The molecule has 1 aliphatic carbocycles. The molecule has 6 rings (SSSR count). The largest absolute Gasteiger partial charge is 0.465 e. The maximum atomic E-state index is 12.6. The van der Waals surface area contributed by atoms with Gasteiger partial charge < -0.3 is 9.26 Å². The van der Waals surface area contributed by atoms with Crippen molar-refractivity contribution in [3.05, 3.63) is 101 Å². The number of carbonyl (C=O) groups is 1. The smallest absolute Gasteiger partial charge is 0.316 e. The van der Waals surface area contributed by atoms with Crippen molar-refractivity contribution in [2.24, 2.45) is 0 Å². The molecule has 0 amide bonds. The number of aromatic nitrogens is 1. The minimum absolute atomic E-state index is 0.104. The topological polar surface area (TPSA) is 55.6 Å². The maximum absolute atomic E-state index is 12.6. The predicted octanol–water partition coefficient (Wildman–Crippen LogP) is 7.29. The molecule has 39 heavy (non-hydrogen) atoms. The summed E-state index contributed by atoms with van der Waals surface area (Å²) in [5.41, 5.74) is 7.35. The molecule has 3 aromatic carbocycles. The van der Waals surface area contributed by atoms with Crippen LogP contribution in [0.4, 0.5) is 0 Å². The van der Waals surface area contributed by atoms with Gasteiger partial charge in [-0.1, -0.05) is 84.0 Å². The zero-order valence-electron chi connectivity index (χ0n) is 22.9. The van der Waals surface area contributed by atoms with Gasteiger partial charge in [-0.2, -0.15) is 0 Å². The first kappa shape index (κ1) is 25.6. The molecule has 1 saturated heterocycles. The van der Waals surface area contributed by atoms with Crippen molar-refractivity contribution in [1.82, 2.24) is 10.1 Å². The first-order valence-electron chi connectivity index (χ1n) is 14.2. The Labute approximate surface area is 230 Å². The van der Waals surface area contributed by atoms with Crippen molar-refractivity contribution < 1.29 is 14.1 Å². The summed E-state index contributed by atoms with van der Waals surface area (Å²) in [6.45, 7) is 7.26. The second-order valence-electron chi connectivity index (χ2n) is 11.0. The number of likely N-dealkylation sites (tertiary alicyclic amines) is 1. The molecule has 1 aromatic heterocycles. The summed E-state index contributed by atoms with van der Waals surface area (Å²) < 4.78 is 11.4. The monoisotopic (exact) mass is 520 g/mol. The van der Waals surface area contributed by atoms with Crippen LogP contribution in [-0.2, 0) is 21.5 Å². The van der Waals surface area contributed by atoms with E-state index in [1.54, 1.807) is 0 Å². The van der Waals surface area contributed by atoms with Gasteiger partial charge in [0.05, 0.1) is 17.7 Å². The third-order valence-electron chi connectivity index (χ3n) is 8.48. The molecule has 5 heteroatoms. The number of hydrogen-bond donors (Lipinski definition) is 0. The molecule has 5 nitrogen and oxygen atoms in total. The Bertz CT molecular complexity index is 1440. The van der Waals surface area contributed by atoms with Gasteiger partial charge in [0.2, 0.25) is 0 Å². The van der Waals surface area contributed by atoms with Crippen LogP contribution in [-0.4, -0.2) is 35.7 Å². The Morgan fingerprint density at radius 2 is 1.72 bits per heavy atom. The van der Waals surface area contributed by atoms with Gasteiger partial charge in [0.25, 0.3) is 0 Å². The van der Waals surface area contributed by atoms with Gasteiger partial charge >= 0.3 is 5.97 Å². The van der Waals surface area contributed by atoms with Gasteiger partial charge in [0, 0.05) is 24.2 Å². The highest BCUT2D eigenvalue weighted by Gasteiger charge is 2.52. The van der Waals surface area contributed by atoms with Gasteiger partial charge in [-0.25, -0.2) is 0 Å². The molecule has 0 bridgehead atoms. The number of rotatable bonds is 8. The van der Waals surface area contributed by atoms with E-state index >= 15 is 0 Å².